The molecule has 4 heteroatoms. The quantitative estimate of drug-likeness (QED) is 0.735. The number of carbonyl (C=O) groups is 1. The molecule has 0 bridgehead atoms. The summed E-state index contributed by atoms with van der Waals surface area (Å²) in [5.41, 5.74) is 1.95. The van der Waals surface area contributed by atoms with Crippen LogP contribution in [0.15, 0.2) is 54.6 Å². The van der Waals surface area contributed by atoms with Crippen molar-refractivity contribution in [3.8, 4) is 5.75 Å². The van der Waals surface area contributed by atoms with E-state index < -0.39 is 0 Å². The fraction of sp³-hybridized carbons (Fsp3) is 0.381. The number of carbonyl (C=O) groups excluding carboxylic acids is 1. The minimum Gasteiger partial charge on any atom is -0.489 e. The van der Waals surface area contributed by atoms with E-state index in [1.807, 2.05) is 61.5 Å². The van der Waals surface area contributed by atoms with Crippen molar-refractivity contribution in [1.82, 2.24) is 0 Å². The molecule has 0 radical (unpaired) electrons. The Morgan fingerprint density at radius 1 is 1.12 bits per heavy atom. The SMILES string of the molecule is C[C@@H](SC1CCCC1)C(=O)Nc1ccc(OCc2ccccc2)cc1. The summed E-state index contributed by atoms with van der Waals surface area (Å²) in [5, 5.41) is 3.63. The average molecular weight is 356 g/mol. The molecule has 1 aliphatic carbocycles. The number of anilines is 1. The molecule has 2 aromatic carbocycles. The van der Waals surface area contributed by atoms with E-state index in [9.17, 15) is 4.79 Å². The molecule has 1 atom stereocenters. The van der Waals surface area contributed by atoms with Crippen molar-refractivity contribution in [2.75, 3.05) is 5.32 Å². The Balaban J connectivity index is 1.47. The number of nitrogens with one attached hydrogen (secondary N) is 1. The van der Waals surface area contributed by atoms with Gasteiger partial charge in [0.15, 0.2) is 0 Å². The first-order valence-electron chi connectivity index (χ1n) is 8.94. The van der Waals surface area contributed by atoms with Crippen molar-refractivity contribution >= 4 is 23.4 Å². The summed E-state index contributed by atoms with van der Waals surface area (Å²) in [7, 11) is 0. The smallest absolute Gasteiger partial charge is 0.237 e. The van der Waals surface area contributed by atoms with E-state index in [0.717, 1.165) is 17.0 Å². The van der Waals surface area contributed by atoms with Crippen LogP contribution in [0.3, 0.4) is 0 Å². The monoisotopic (exact) mass is 355 g/mol. The van der Waals surface area contributed by atoms with Gasteiger partial charge in [0.25, 0.3) is 0 Å². The molecule has 0 heterocycles. The van der Waals surface area contributed by atoms with E-state index in [0.29, 0.717) is 11.9 Å². The molecule has 1 fully saturated rings. The topological polar surface area (TPSA) is 38.3 Å². The van der Waals surface area contributed by atoms with Crippen LogP contribution >= 0.6 is 11.8 Å². The van der Waals surface area contributed by atoms with E-state index in [4.69, 9.17) is 4.74 Å². The zero-order valence-corrected chi connectivity index (χ0v) is 15.4. The lowest BCUT2D eigenvalue weighted by atomic mass is 10.2. The van der Waals surface area contributed by atoms with Crippen LogP contribution in [0, 0.1) is 0 Å². The first kappa shape index (κ1) is 17.9. The predicted molar refractivity (Wildman–Crippen MR) is 105 cm³/mol. The van der Waals surface area contributed by atoms with Crippen LogP contribution in [0.1, 0.15) is 38.2 Å². The Bertz CT molecular complexity index is 666. The first-order valence-corrected chi connectivity index (χ1v) is 9.88. The van der Waals surface area contributed by atoms with Gasteiger partial charge in [-0.25, -0.2) is 0 Å². The van der Waals surface area contributed by atoms with Gasteiger partial charge in [0, 0.05) is 10.9 Å². The molecule has 1 N–H and O–H groups in total. The molecule has 1 saturated carbocycles. The molecular weight excluding hydrogens is 330 g/mol. The molecule has 0 unspecified atom stereocenters. The molecule has 1 amide bonds. The number of amides is 1. The molecule has 132 valence electrons. The van der Waals surface area contributed by atoms with Crippen molar-refractivity contribution in [1.29, 1.82) is 0 Å². The molecular formula is C21H25NO2S. The maximum Gasteiger partial charge on any atom is 0.237 e. The third-order valence-electron chi connectivity index (χ3n) is 4.44. The van der Waals surface area contributed by atoms with E-state index in [-0.39, 0.29) is 11.2 Å². The minimum absolute atomic E-state index is 0.0166. The lowest BCUT2D eigenvalue weighted by molar-refractivity contribution is -0.115. The number of hydrogen-bond acceptors (Lipinski definition) is 3. The molecule has 2 aromatic rings. The van der Waals surface area contributed by atoms with Gasteiger partial charge in [-0.15, -0.1) is 11.8 Å². The van der Waals surface area contributed by atoms with Gasteiger partial charge in [0.1, 0.15) is 12.4 Å². The highest BCUT2D eigenvalue weighted by atomic mass is 32.2. The van der Waals surface area contributed by atoms with Crippen molar-refractivity contribution < 1.29 is 9.53 Å². The van der Waals surface area contributed by atoms with E-state index in [1.165, 1.54) is 25.7 Å². The average Bonchev–Trinajstić information content (AvgIpc) is 3.15. The van der Waals surface area contributed by atoms with Crippen LogP contribution in [0.5, 0.6) is 5.75 Å². The van der Waals surface area contributed by atoms with Crippen molar-refractivity contribution in [2.45, 2.75) is 49.7 Å². The Morgan fingerprint density at radius 2 is 1.80 bits per heavy atom. The standard InChI is InChI=1S/C21H25NO2S/c1-16(25-20-9-5-6-10-20)21(23)22-18-11-13-19(14-12-18)24-15-17-7-3-2-4-8-17/h2-4,7-8,11-14,16,20H,5-6,9-10,15H2,1H3,(H,22,23)/t16-/m1/s1. The van der Waals surface area contributed by atoms with Crippen LogP contribution in [-0.2, 0) is 11.4 Å². The molecule has 0 aliphatic heterocycles. The second-order valence-electron chi connectivity index (χ2n) is 6.47. The summed E-state index contributed by atoms with van der Waals surface area (Å²) < 4.78 is 5.77. The van der Waals surface area contributed by atoms with Gasteiger partial charge in [-0.1, -0.05) is 43.2 Å². The second-order valence-corrected chi connectivity index (χ2v) is 8.12. The summed E-state index contributed by atoms with van der Waals surface area (Å²) >= 11 is 1.81. The predicted octanol–water partition coefficient (Wildman–Crippen LogP) is 5.27. The van der Waals surface area contributed by atoms with Gasteiger partial charge in [0.05, 0.1) is 5.25 Å². The molecule has 0 saturated heterocycles. The number of hydrogen-bond donors (Lipinski definition) is 1. The summed E-state index contributed by atoms with van der Waals surface area (Å²) in [6, 6.07) is 17.7. The van der Waals surface area contributed by atoms with Crippen LogP contribution in [-0.4, -0.2) is 16.4 Å². The van der Waals surface area contributed by atoms with Gasteiger partial charge in [-0.05, 0) is 49.6 Å². The first-order chi connectivity index (χ1) is 12.2. The lowest BCUT2D eigenvalue weighted by Crippen LogP contribution is -2.24. The minimum atomic E-state index is -0.0166. The number of thioether (sulfide) groups is 1. The maximum absolute atomic E-state index is 12.3. The fourth-order valence-corrected chi connectivity index (χ4v) is 4.36. The molecule has 0 aromatic heterocycles. The van der Waals surface area contributed by atoms with Crippen LogP contribution in [0.2, 0.25) is 0 Å². The van der Waals surface area contributed by atoms with E-state index in [2.05, 4.69) is 5.32 Å². The van der Waals surface area contributed by atoms with Crippen molar-refractivity contribution in [3.63, 3.8) is 0 Å². The molecule has 25 heavy (non-hydrogen) atoms. The third-order valence-corrected chi connectivity index (χ3v) is 5.92. The van der Waals surface area contributed by atoms with E-state index >= 15 is 0 Å². The fourth-order valence-electron chi connectivity index (χ4n) is 2.99. The molecule has 1 aliphatic rings. The summed E-state index contributed by atoms with van der Waals surface area (Å²) in [5.74, 6) is 0.880. The Hall–Kier alpha value is -1.94. The molecule has 3 nitrogen and oxygen atoms in total. The normalized spacial score (nSPS) is 15.7. The highest BCUT2D eigenvalue weighted by Gasteiger charge is 2.22. The second kappa shape index (κ2) is 8.95. The van der Waals surface area contributed by atoms with Crippen molar-refractivity contribution in [2.24, 2.45) is 0 Å². The van der Waals surface area contributed by atoms with Gasteiger partial charge >= 0.3 is 0 Å². The zero-order chi connectivity index (χ0) is 17.5. The number of benzene rings is 2. The van der Waals surface area contributed by atoms with Crippen molar-refractivity contribution in [3.05, 3.63) is 60.2 Å². The number of ether oxygens (including phenoxy) is 1. The maximum atomic E-state index is 12.3. The lowest BCUT2D eigenvalue weighted by Gasteiger charge is -2.16. The summed E-state index contributed by atoms with van der Waals surface area (Å²) in [6.07, 6.45) is 5.10. The molecule has 3 rings (SSSR count). The van der Waals surface area contributed by atoms with Gasteiger partial charge in [0.2, 0.25) is 5.91 Å². The van der Waals surface area contributed by atoms with Crippen LogP contribution in [0.25, 0.3) is 0 Å². The van der Waals surface area contributed by atoms with Crippen LogP contribution in [0.4, 0.5) is 5.69 Å². The summed E-state index contributed by atoms with van der Waals surface area (Å²) in [6.45, 7) is 2.54. The Kier molecular flexibility index (Phi) is 6.40. The number of rotatable bonds is 7. The zero-order valence-electron chi connectivity index (χ0n) is 14.6. The van der Waals surface area contributed by atoms with E-state index in [1.54, 1.807) is 11.8 Å². The largest absolute Gasteiger partial charge is 0.489 e. The third kappa shape index (κ3) is 5.53. The Morgan fingerprint density at radius 3 is 2.48 bits per heavy atom. The Labute approximate surface area is 154 Å². The highest BCUT2D eigenvalue weighted by molar-refractivity contribution is 8.01. The highest BCUT2D eigenvalue weighted by Crippen LogP contribution is 2.32. The molecule has 0 spiro atoms. The van der Waals surface area contributed by atoms with Gasteiger partial charge < -0.3 is 10.1 Å². The van der Waals surface area contributed by atoms with Gasteiger partial charge in [-0.2, -0.15) is 0 Å². The van der Waals surface area contributed by atoms with Crippen LogP contribution < -0.4 is 10.1 Å². The summed E-state index contributed by atoms with van der Waals surface area (Å²) in [4.78, 5) is 12.3. The van der Waals surface area contributed by atoms with Gasteiger partial charge in [-0.3, -0.25) is 4.79 Å².